The highest BCUT2D eigenvalue weighted by Crippen LogP contribution is 2.59. The number of aliphatic hydroxyl groups excluding tert-OH is 1. The molecular weight excluding hydrogens is 384 g/mol. The Kier molecular flexibility index (Phi) is 7.08. The van der Waals surface area contributed by atoms with Gasteiger partial charge in [-0.1, -0.05) is 18.8 Å². The predicted molar refractivity (Wildman–Crippen MR) is 105 cm³/mol. The van der Waals surface area contributed by atoms with E-state index in [2.05, 4.69) is 29.0 Å². The van der Waals surface area contributed by atoms with Gasteiger partial charge in [0.05, 0.1) is 6.61 Å². The molecule has 1 atom stereocenters. The number of hydrogen-bond donors (Lipinski definition) is 6. The van der Waals surface area contributed by atoms with Crippen LogP contribution in [0.1, 0.15) is 29.3 Å². The van der Waals surface area contributed by atoms with Crippen LogP contribution in [0.5, 0.6) is 0 Å². The highest BCUT2D eigenvalue weighted by Gasteiger charge is 2.53. The van der Waals surface area contributed by atoms with Crippen LogP contribution in [0.3, 0.4) is 0 Å². The van der Waals surface area contributed by atoms with Gasteiger partial charge in [0, 0.05) is 34.5 Å². The fourth-order valence-corrected chi connectivity index (χ4v) is 5.35. The summed E-state index contributed by atoms with van der Waals surface area (Å²) in [6, 6.07) is 5.19. The predicted octanol–water partition coefficient (Wildman–Crippen LogP) is 0.798. The number of benzene rings is 1. The molecule has 6 N–H and O–H groups in total. The topological polar surface area (TPSA) is 139 Å². The Balaban J connectivity index is 2.08. The van der Waals surface area contributed by atoms with Gasteiger partial charge >= 0.3 is 0 Å². The maximum absolute atomic E-state index is 12.5. The highest BCUT2D eigenvalue weighted by atomic mass is 32.3. The molecular formula is C19H22N2O6S. The van der Waals surface area contributed by atoms with Crippen LogP contribution in [-0.4, -0.2) is 55.4 Å². The third-order valence-electron chi connectivity index (χ3n) is 4.21. The van der Waals surface area contributed by atoms with Gasteiger partial charge in [0.2, 0.25) is 0 Å². The number of amides is 2. The van der Waals surface area contributed by atoms with Crippen LogP contribution in [0.25, 0.3) is 0 Å². The first-order valence-corrected chi connectivity index (χ1v) is 10.3. The minimum absolute atomic E-state index is 0.0221. The minimum Gasteiger partial charge on any atom is -0.395 e. The molecule has 0 bridgehead atoms. The van der Waals surface area contributed by atoms with E-state index in [1.165, 1.54) is 17.6 Å². The number of hydroxylamine groups is 1. The van der Waals surface area contributed by atoms with Gasteiger partial charge in [-0.3, -0.25) is 23.9 Å². The summed E-state index contributed by atoms with van der Waals surface area (Å²) in [6.45, 7) is 1.62. The van der Waals surface area contributed by atoms with Gasteiger partial charge in [0.25, 0.3) is 11.8 Å². The molecule has 1 heterocycles. The Hall–Kier alpha value is -2.53. The van der Waals surface area contributed by atoms with Gasteiger partial charge in [0.1, 0.15) is 6.04 Å². The molecule has 0 aromatic heterocycles. The summed E-state index contributed by atoms with van der Waals surface area (Å²) in [4.78, 5) is 24.5. The van der Waals surface area contributed by atoms with Gasteiger partial charge in [-0.2, -0.15) is 10.6 Å². The van der Waals surface area contributed by atoms with E-state index >= 15 is 0 Å². The van der Waals surface area contributed by atoms with Crippen molar-refractivity contribution in [1.82, 2.24) is 10.8 Å². The van der Waals surface area contributed by atoms with Gasteiger partial charge in [0.15, 0.2) is 0 Å². The van der Waals surface area contributed by atoms with Gasteiger partial charge in [-0.05, 0) is 36.1 Å². The number of nitrogens with one attached hydrogen (secondary N) is 2. The van der Waals surface area contributed by atoms with Crippen molar-refractivity contribution in [2.75, 3.05) is 18.1 Å². The zero-order valence-corrected chi connectivity index (χ0v) is 16.0. The molecule has 1 aromatic carbocycles. The quantitative estimate of drug-likeness (QED) is 0.243. The largest absolute Gasteiger partial charge is 0.395 e. The molecule has 1 fully saturated rings. The van der Waals surface area contributed by atoms with E-state index in [9.17, 15) is 18.7 Å². The van der Waals surface area contributed by atoms with Crippen LogP contribution in [0, 0.1) is 29.1 Å². The normalized spacial score (nSPS) is 18.0. The lowest BCUT2D eigenvalue weighted by Gasteiger charge is -2.56. The number of rotatable bonds is 5. The van der Waals surface area contributed by atoms with E-state index in [0.29, 0.717) is 12.0 Å². The molecule has 1 aliphatic rings. The average molecular weight is 406 g/mol. The summed E-state index contributed by atoms with van der Waals surface area (Å²) in [5, 5.41) is 20.1. The molecule has 1 aliphatic heterocycles. The lowest BCUT2D eigenvalue weighted by atomic mass is 9.84. The second-order valence-electron chi connectivity index (χ2n) is 6.73. The van der Waals surface area contributed by atoms with E-state index in [1.54, 1.807) is 19.1 Å². The minimum atomic E-state index is -2.75. The summed E-state index contributed by atoms with van der Waals surface area (Å²) >= 11 is 0. The lowest BCUT2D eigenvalue weighted by Crippen LogP contribution is -2.62. The number of aliphatic hydroxyl groups is 1. The summed E-state index contributed by atoms with van der Waals surface area (Å²) in [7, 11) is -2.75. The fraction of sp³-hybridized carbons (Fsp3) is 0.368. The van der Waals surface area contributed by atoms with Crippen LogP contribution in [0.4, 0.5) is 0 Å². The third-order valence-corrected chi connectivity index (χ3v) is 6.45. The van der Waals surface area contributed by atoms with E-state index in [0.717, 1.165) is 0 Å². The molecule has 0 radical (unpaired) electrons. The van der Waals surface area contributed by atoms with E-state index in [4.69, 9.17) is 10.3 Å². The van der Waals surface area contributed by atoms with Crippen molar-refractivity contribution in [2.45, 2.75) is 19.4 Å². The van der Waals surface area contributed by atoms with Crippen LogP contribution in [0.2, 0.25) is 0 Å². The average Bonchev–Trinajstić information content (AvgIpc) is 2.64. The van der Waals surface area contributed by atoms with E-state index < -0.39 is 33.9 Å². The van der Waals surface area contributed by atoms with E-state index in [1.807, 2.05) is 0 Å². The molecule has 0 aliphatic carbocycles. The summed E-state index contributed by atoms with van der Waals surface area (Å²) in [5.41, 5.74) is 1.56. The molecule has 2 amide bonds. The first-order valence-electron chi connectivity index (χ1n) is 8.39. The van der Waals surface area contributed by atoms with Gasteiger partial charge in [-0.25, -0.2) is 5.48 Å². The van der Waals surface area contributed by atoms with Crippen LogP contribution in [-0.2, 0) is 4.79 Å². The number of hydrogen-bond acceptors (Lipinski definition) is 6. The Morgan fingerprint density at radius 1 is 1.21 bits per heavy atom. The van der Waals surface area contributed by atoms with Gasteiger partial charge in [-0.15, -0.1) is 0 Å². The molecule has 1 saturated heterocycles. The van der Waals surface area contributed by atoms with Gasteiger partial charge < -0.3 is 10.4 Å². The Labute approximate surface area is 164 Å². The van der Waals surface area contributed by atoms with Crippen LogP contribution >= 0.6 is 10.6 Å². The zero-order valence-electron chi connectivity index (χ0n) is 15.2. The van der Waals surface area contributed by atoms with Crippen molar-refractivity contribution in [2.24, 2.45) is 5.41 Å². The maximum Gasteiger partial charge on any atom is 0.266 e. The molecule has 0 spiro atoms. The first-order chi connectivity index (χ1) is 13.2. The third kappa shape index (κ3) is 5.49. The first kappa shape index (κ1) is 21.8. The molecule has 2 rings (SSSR count). The molecule has 1 aromatic rings. The van der Waals surface area contributed by atoms with Crippen LogP contribution < -0.4 is 10.8 Å². The Morgan fingerprint density at radius 3 is 2.39 bits per heavy atom. The SMILES string of the molecule is CC1(C(NC(=O)c2ccc(C#CC#CCCO)cc2)C(=O)NO)CS(O)(O)C1. The molecule has 0 saturated carbocycles. The molecule has 9 heteroatoms. The van der Waals surface area contributed by atoms with Crippen molar-refractivity contribution in [3.8, 4) is 23.7 Å². The van der Waals surface area contributed by atoms with Crippen molar-refractivity contribution < 1.29 is 29.0 Å². The summed E-state index contributed by atoms with van der Waals surface area (Å²) in [5.74, 6) is 9.27. The van der Waals surface area contributed by atoms with Crippen molar-refractivity contribution in [1.29, 1.82) is 0 Å². The summed E-state index contributed by atoms with van der Waals surface area (Å²) in [6.07, 6.45) is 0.352. The fourth-order valence-electron chi connectivity index (χ4n) is 2.99. The highest BCUT2D eigenvalue weighted by molar-refractivity contribution is 8.25. The standard InChI is InChI=1S/C19H22N2O6S/c1-19(12-28(26,27)13-19)16(18(24)21-25)20-17(23)15-9-7-14(8-10-15)6-4-2-3-5-11-22/h7-10,16,22,25-27H,5,11-13H2,1H3,(H,20,23)(H,21,24). The van der Waals surface area contributed by atoms with Crippen LogP contribution in [0.15, 0.2) is 24.3 Å². The number of carbonyl (C=O) groups is 2. The lowest BCUT2D eigenvalue weighted by molar-refractivity contribution is -0.133. The zero-order chi connectivity index (χ0) is 20.8. The van der Waals surface area contributed by atoms with Crippen molar-refractivity contribution in [3.63, 3.8) is 0 Å². The van der Waals surface area contributed by atoms with E-state index in [-0.39, 0.29) is 23.7 Å². The molecule has 1 unspecified atom stereocenters. The van der Waals surface area contributed by atoms with Crippen molar-refractivity contribution in [3.05, 3.63) is 35.4 Å². The second kappa shape index (κ2) is 9.11. The molecule has 28 heavy (non-hydrogen) atoms. The Morgan fingerprint density at radius 2 is 1.86 bits per heavy atom. The Bertz CT molecular complexity index is 852. The molecule has 8 nitrogen and oxygen atoms in total. The monoisotopic (exact) mass is 406 g/mol. The number of carbonyl (C=O) groups excluding carboxylic acids is 2. The summed E-state index contributed by atoms with van der Waals surface area (Å²) < 4.78 is 19.3. The maximum atomic E-state index is 12.5. The molecule has 150 valence electrons. The second-order valence-corrected chi connectivity index (χ2v) is 8.91. The smallest absolute Gasteiger partial charge is 0.266 e. The van der Waals surface area contributed by atoms with Crippen molar-refractivity contribution >= 4 is 22.4 Å².